The molecule has 1 aromatic rings. The Morgan fingerprint density at radius 2 is 2.06 bits per heavy atom. The van der Waals surface area contributed by atoms with Gasteiger partial charge in [0.2, 0.25) is 0 Å². The van der Waals surface area contributed by atoms with E-state index >= 15 is 0 Å². The monoisotopic (exact) mass is 257 g/mol. The summed E-state index contributed by atoms with van der Waals surface area (Å²) in [5.41, 5.74) is 1.21. The van der Waals surface area contributed by atoms with Crippen molar-refractivity contribution in [3.63, 3.8) is 0 Å². The third kappa shape index (κ3) is 4.36. The smallest absolute Gasteiger partial charge is 0.0462 e. The van der Waals surface area contributed by atoms with Crippen molar-refractivity contribution >= 4 is 23.4 Å². The van der Waals surface area contributed by atoms with E-state index in [0.29, 0.717) is 5.92 Å². The van der Waals surface area contributed by atoms with E-state index < -0.39 is 0 Å². The lowest BCUT2D eigenvalue weighted by Gasteiger charge is -2.19. The molecule has 0 aliphatic heterocycles. The van der Waals surface area contributed by atoms with Crippen LogP contribution in [0, 0.1) is 5.92 Å². The number of rotatable bonds is 5. The maximum absolute atomic E-state index is 6.25. The highest BCUT2D eigenvalue weighted by molar-refractivity contribution is 7.98. The van der Waals surface area contributed by atoms with Crippen LogP contribution in [-0.2, 0) is 6.54 Å². The topological polar surface area (TPSA) is 3.24 Å². The van der Waals surface area contributed by atoms with Gasteiger partial charge in [-0.3, -0.25) is 0 Å². The van der Waals surface area contributed by atoms with Crippen LogP contribution < -0.4 is 0 Å². The highest BCUT2D eigenvalue weighted by atomic mass is 35.5. The van der Waals surface area contributed by atoms with Crippen LogP contribution in [0.15, 0.2) is 23.1 Å². The third-order valence-corrected chi connectivity index (χ3v) is 3.45. The van der Waals surface area contributed by atoms with E-state index in [9.17, 15) is 0 Å². The molecule has 1 nitrogen and oxygen atoms in total. The number of benzene rings is 1. The van der Waals surface area contributed by atoms with Gasteiger partial charge in [-0.25, -0.2) is 0 Å². The molecule has 3 heteroatoms. The molecule has 90 valence electrons. The Hall–Kier alpha value is -0.180. The number of hydrogen-bond acceptors (Lipinski definition) is 2. The number of nitrogens with zero attached hydrogens (tertiary/aromatic N) is 1. The summed E-state index contributed by atoms with van der Waals surface area (Å²) in [4.78, 5) is 3.53. The van der Waals surface area contributed by atoms with Crippen LogP contribution in [0.3, 0.4) is 0 Å². The van der Waals surface area contributed by atoms with Crippen LogP contribution in [-0.4, -0.2) is 24.7 Å². The van der Waals surface area contributed by atoms with Crippen molar-refractivity contribution in [2.45, 2.75) is 25.3 Å². The van der Waals surface area contributed by atoms with Crippen molar-refractivity contribution in [2.24, 2.45) is 5.92 Å². The van der Waals surface area contributed by atoms with Gasteiger partial charge in [0.1, 0.15) is 0 Å². The van der Waals surface area contributed by atoms with Gasteiger partial charge >= 0.3 is 0 Å². The van der Waals surface area contributed by atoms with Gasteiger partial charge in [0.25, 0.3) is 0 Å². The molecule has 0 unspecified atom stereocenters. The molecule has 0 heterocycles. The second kappa shape index (κ2) is 6.53. The fourth-order valence-corrected chi connectivity index (χ4v) is 2.51. The predicted octanol–water partition coefficient (Wildman–Crippen LogP) is 4.15. The number of thioether (sulfide) groups is 1. The van der Waals surface area contributed by atoms with Gasteiger partial charge in [-0.1, -0.05) is 31.5 Å². The van der Waals surface area contributed by atoms with Gasteiger partial charge in [-0.2, -0.15) is 0 Å². The van der Waals surface area contributed by atoms with E-state index in [0.717, 1.165) is 18.1 Å². The summed E-state index contributed by atoms with van der Waals surface area (Å²) < 4.78 is 0. The molecule has 0 spiro atoms. The Balaban J connectivity index is 2.66. The fourth-order valence-electron chi connectivity index (χ4n) is 1.76. The molecule has 0 amide bonds. The van der Waals surface area contributed by atoms with Crippen molar-refractivity contribution in [2.75, 3.05) is 19.8 Å². The first kappa shape index (κ1) is 13.9. The van der Waals surface area contributed by atoms with E-state index in [1.807, 2.05) is 6.07 Å². The summed E-state index contributed by atoms with van der Waals surface area (Å²) in [5.74, 6) is 0.689. The van der Waals surface area contributed by atoms with Crippen LogP contribution in [0.2, 0.25) is 5.02 Å². The third-order valence-electron chi connectivity index (χ3n) is 2.38. The molecular weight excluding hydrogens is 238 g/mol. The Morgan fingerprint density at radius 3 is 2.56 bits per heavy atom. The van der Waals surface area contributed by atoms with Crippen LogP contribution in [0.1, 0.15) is 19.4 Å². The average molecular weight is 258 g/mol. The molecule has 1 rings (SSSR count). The van der Waals surface area contributed by atoms with Gasteiger partial charge in [-0.05, 0) is 36.9 Å². The van der Waals surface area contributed by atoms with E-state index in [1.54, 1.807) is 11.8 Å². The summed E-state index contributed by atoms with van der Waals surface area (Å²) in [6.45, 7) is 6.48. The zero-order valence-corrected chi connectivity index (χ0v) is 12.0. The maximum atomic E-state index is 6.25. The average Bonchev–Trinajstić information content (AvgIpc) is 2.19. The first-order chi connectivity index (χ1) is 7.52. The minimum atomic E-state index is 0.689. The van der Waals surface area contributed by atoms with Gasteiger partial charge in [-0.15, -0.1) is 11.8 Å². The van der Waals surface area contributed by atoms with Crippen LogP contribution in [0.4, 0.5) is 0 Å². The first-order valence-corrected chi connectivity index (χ1v) is 7.14. The Morgan fingerprint density at radius 1 is 1.38 bits per heavy atom. The molecule has 1 aromatic carbocycles. The zero-order chi connectivity index (χ0) is 12.1. The molecule has 0 saturated carbocycles. The summed E-state index contributed by atoms with van der Waals surface area (Å²) in [6.07, 6.45) is 2.07. The predicted molar refractivity (Wildman–Crippen MR) is 74.4 cm³/mol. The largest absolute Gasteiger partial charge is 0.302 e. The second-order valence-corrected chi connectivity index (χ2v) is 5.83. The molecule has 0 aliphatic rings. The molecule has 0 bridgehead atoms. The van der Waals surface area contributed by atoms with Crippen LogP contribution >= 0.6 is 23.4 Å². The Bertz CT molecular complexity index is 339. The first-order valence-electron chi connectivity index (χ1n) is 5.54. The van der Waals surface area contributed by atoms with Crippen molar-refractivity contribution < 1.29 is 0 Å². The fraction of sp³-hybridized carbons (Fsp3) is 0.538. The molecule has 0 N–H and O–H groups in total. The van der Waals surface area contributed by atoms with E-state index in [-0.39, 0.29) is 0 Å². The molecule has 0 radical (unpaired) electrons. The SMILES string of the molecule is CSc1ccc(CN(C)CC(C)C)c(Cl)c1. The Labute approximate surface area is 108 Å². The maximum Gasteiger partial charge on any atom is 0.0462 e. The second-order valence-electron chi connectivity index (χ2n) is 4.55. The van der Waals surface area contributed by atoms with Crippen molar-refractivity contribution in [3.8, 4) is 0 Å². The quantitative estimate of drug-likeness (QED) is 0.729. The molecular formula is C13H20ClNS. The van der Waals surface area contributed by atoms with E-state index in [2.05, 4.69) is 44.2 Å². The summed E-state index contributed by atoms with van der Waals surface area (Å²) in [5, 5.41) is 0.877. The minimum absolute atomic E-state index is 0.689. The highest BCUT2D eigenvalue weighted by Crippen LogP contribution is 2.24. The zero-order valence-electron chi connectivity index (χ0n) is 10.5. The van der Waals surface area contributed by atoms with Gasteiger partial charge in [0.05, 0.1) is 0 Å². The van der Waals surface area contributed by atoms with Gasteiger partial charge < -0.3 is 4.90 Å². The summed E-state index contributed by atoms with van der Waals surface area (Å²) in [7, 11) is 2.14. The molecule has 0 saturated heterocycles. The number of halogens is 1. The molecule has 16 heavy (non-hydrogen) atoms. The van der Waals surface area contributed by atoms with E-state index in [4.69, 9.17) is 11.6 Å². The summed E-state index contributed by atoms with van der Waals surface area (Å²) >= 11 is 7.97. The standard InChI is InChI=1S/C13H20ClNS/c1-10(2)8-15(3)9-11-5-6-12(16-4)7-13(11)14/h5-7,10H,8-9H2,1-4H3. The molecule has 0 aromatic heterocycles. The van der Waals surface area contributed by atoms with Gasteiger partial charge in [0.15, 0.2) is 0 Å². The number of hydrogen-bond donors (Lipinski definition) is 0. The normalized spacial score (nSPS) is 11.4. The van der Waals surface area contributed by atoms with Crippen molar-refractivity contribution in [1.29, 1.82) is 0 Å². The van der Waals surface area contributed by atoms with Crippen molar-refractivity contribution in [1.82, 2.24) is 4.90 Å². The van der Waals surface area contributed by atoms with Crippen LogP contribution in [0.25, 0.3) is 0 Å². The Kier molecular flexibility index (Phi) is 5.67. The molecule has 0 fully saturated rings. The lowest BCUT2D eigenvalue weighted by Crippen LogP contribution is -2.22. The minimum Gasteiger partial charge on any atom is -0.302 e. The van der Waals surface area contributed by atoms with Crippen molar-refractivity contribution in [3.05, 3.63) is 28.8 Å². The van der Waals surface area contributed by atoms with Crippen LogP contribution in [0.5, 0.6) is 0 Å². The highest BCUT2D eigenvalue weighted by Gasteiger charge is 2.06. The lowest BCUT2D eigenvalue weighted by atomic mass is 10.1. The molecule has 0 aliphatic carbocycles. The lowest BCUT2D eigenvalue weighted by molar-refractivity contribution is 0.288. The van der Waals surface area contributed by atoms with Gasteiger partial charge in [0, 0.05) is 23.0 Å². The molecule has 0 atom stereocenters. The van der Waals surface area contributed by atoms with E-state index in [1.165, 1.54) is 10.5 Å². The summed E-state index contributed by atoms with van der Waals surface area (Å²) in [6, 6.07) is 6.31.